The zero-order chi connectivity index (χ0) is 19.7. The fraction of sp³-hybridized carbons (Fsp3) is 0.0952. The van der Waals surface area contributed by atoms with Gasteiger partial charge in [0.2, 0.25) is 0 Å². The Kier molecular flexibility index (Phi) is 5.11. The van der Waals surface area contributed by atoms with Crippen LogP contribution in [0.5, 0.6) is 5.75 Å². The number of halogens is 1. The van der Waals surface area contributed by atoms with Crippen molar-refractivity contribution in [3.63, 3.8) is 0 Å². The number of carbonyl (C=O) groups is 1. The first-order valence-electron chi connectivity index (χ1n) is 8.46. The summed E-state index contributed by atoms with van der Waals surface area (Å²) in [6.45, 7) is -0.0788. The summed E-state index contributed by atoms with van der Waals surface area (Å²) in [6, 6.07) is 14.7. The first-order valence-corrected chi connectivity index (χ1v) is 10.1. The molecule has 4 rings (SSSR count). The summed E-state index contributed by atoms with van der Waals surface area (Å²) in [5, 5.41) is 2.46. The molecule has 0 aliphatic rings. The molecular formula is C21H15BrN2O3S. The van der Waals surface area contributed by atoms with Crippen LogP contribution in [-0.2, 0) is 6.54 Å². The summed E-state index contributed by atoms with van der Waals surface area (Å²) >= 11 is 4.84. The quantitative estimate of drug-likeness (QED) is 0.407. The average Bonchev–Trinajstić information content (AvgIpc) is 3.15. The summed E-state index contributed by atoms with van der Waals surface area (Å²) in [5.74, 6) is 0.421. The van der Waals surface area contributed by atoms with E-state index in [1.54, 1.807) is 31.4 Å². The molecule has 4 aromatic rings. The minimum atomic E-state index is -0.222. The van der Waals surface area contributed by atoms with E-state index in [9.17, 15) is 9.59 Å². The van der Waals surface area contributed by atoms with Crippen molar-refractivity contribution in [1.82, 2.24) is 9.55 Å². The number of ether oxygens (including phenoxy) is 1. The molecule has 0 radical (unpaired) electrons. The van der Waals surface area contributed by atoms with Crippen molar-refractivity contribution in [3.8, 4) is 16.9 Å². The molecule has 0 spiro atoms. The predicted molar refractivity (Wildman–Crippen MR) is 114 cm³/mol. The second-order valence-corrected chi connectivity index (χ2v) is 7.94. The number of aromatic nitrogens is 2. The maximum atomic E-state index is 13.1. The lowest BCUT2D eigenvalue weighted by Crippen LogP contribution is -2.24. The number of methoxy groups -OCH3 is 1. The van der Waals surface area contributed by atoms with Crippen LogP contribution in [0.15, 0.2) is 69.5 Å². The monoisotopic (exact) mass is 454 g/mol. The zero-order valence-corrected chi connectivity index (χ0v) is 17.3. The molecule has 0 atom stereocenters. The minimum Gasteiger partial charge on any atom is -0.497 e. The molecule has 0 N–H and O–H groups in total. The molecule has 2 aromatic carbocycles. The first-order chi connectivity index (χ1) is 13.6. The van der Waals surface area contributed by atoms with E-state index < -0.39 is 0 Å². The normalized spacial score (nSPS) is 10.9. The Bertz CT molecular complexity index is 1230. The van der Waals surface area contributed by atoms with Crippen LogP contribution in [-0.4, -0.2) is 22.4 Å². The molecule has 2 aromatic heterocycles. The Morgan fingerprint density at radius 1 is 1.21 bits per heavy atom. The van der Waals surface area contributed by atoms with Gasteiger partial charge in [0, 0.05) is 21.0 Å². The van der Waals surface area contributed by atoms with Gasteiger partial charge in [0.1, 0.15) is 10.6 Å². The largest absolute Gasteiger partial charge is 0.497 e. The lowest BCUT2D eigenvalue weighted by atomic mass is 10.1. The van der Waals surface area contributed by atoms with Crippen molar-refractivity contribution in [3.05, 3.63) is 80.6 Å². The van der Waals surface area contributed by atoms with Crippen LogP contribution in [0.1, 0.15) is 10.4 Å². The zero-order valence-electron chi connectivity index (χ0n) is 14.9. The van der Waals surface area contributed by atoms with E-state index in [1.165, 1.54) is 22.2 Å². The number of fused-ring (bicyclic) bond motifs is 1. The van der Waals surface area contributed by atoms with Crippen LogP contribution < -0.4 is 10.3 Å². The van der Waals surface area contributed by atoms with Gasteiger partial charge in [0.15, 0.2) is 5.78 Å². The van der Waals surface area contributed by atoms with E-state index in [-0.39, 0.29) is 17.9 Å². The molecule has 0 amide bonds. The van der Waals surface area contributed by atoms with Gasteiger partial charge >= 0.3 is 0 Å². The highest BCUT2D eigenvalue weighted by molar-refractivity contribution is 9.10. The van der Waals surface area contributed by atoms with Crippen molar-refractivity contribution in [2.75, 3.05) is 7.11 Å². The summed E-state index contributed by atoms with van der Waals surface area (Å²) in [7, 11) is 1.55. The minimum absolute atomic E-state index is 0.0788. The lowest BCUT2D eigenvalue weighted by molar-refractivity contribution is 0.0970. The van der Waals surface area contributed by atoms with Gasteiger partial charge in [-0.25, -0.2) is 4.98 Å². The van der Waals surface area contributed by atoms with Crippen LogP contribution in [0.2, 0.25) is 0 Å². The summed E-state index contributed by atoms with van der Waals surface area (Å²) < 4.78 is 7.49. The highest BCUT2D eigenvalue weighted by Gasteiger charge is 2.15. The van der Waals surface area contributed by atoms with Crippen molar-refractivity contribution < 1.29 is 9.53 Å². The van der Waals surface area contributed by atoms with Crippen molar-refractivity contribution in [2.24, 2.45) is 0 Å². The molecule has 5 nitrogen and oxygen atoms in total. The Balaban J connectivity index is 1.73. The van der Waals surface area contributed by atoms with Crippen LogP contribution >= 0.6 is 27.3 Å². The fourth-order valence-electron chi connectivity index (χ4n) is 2.96. The number of rotatable bonds is 5. The summed E-state index contributed by atoms with van der Waals surface area (Å²) in [6.07, 6.45) is 1.44. The number of carbonyl (C=O) groups excluding carboxylic acids is 1. The second-order valence-electron chi connectivity index (χ2n) is 6.17. The smallest absolute Gasteiger partial charge is 0.263 e. The third kappa shape index (κ3) is 3.50. The standard InChI is InChI=1S/C21H15BrN2O3S/c1-27-16-4-2-3-14(9-16)18(25)10-24-12-23-20-19(21(24)26)17(11-28-20)13-5-7-15(22)8-6-13/h2-9,11-12H,10H2,1H3. The highest BCUT2D eigenvalue weighted by Crippen LogP contribution is 2.31. The molecule has 0 saturated heterocycles. The van der Waals surface area contributed by atoms with Crippen molar-refractivity contribution in [2.45, 2.75) is 6.54 Å². The fourth-order valence-corrected chi connectivity index (χ4v) is 4.14. The Labute approximate surface area is 173 Å². The summed E-state index contributed by atoms with van der Waals surface area (Å²) in [4.78, 5) is 30.8. The van der Waals surface area contributed by atoms with E-state index in [4.69, 9.17) is 4.74 Å². The SMILES string of the molecule is COc1cccc(C(=O)Cn2cnc3scc(-c4ccc(Br)cc4)c3c2=O)c1. The number of nitrogens with zero attached hydrogens (tertiary/aromatic N) is 2. The van der Waals surface area contributed by atoms with E-state index in [0.717, 1.165) is 15.6 Å². The molecule has 2 heterocycles. The van der Waals surface area contributed by atoms with Gasteiger partial charge in [0.05, 0.1) is 25.4 Å². The number of hydrogen-bond donors (Lipinski definition) is 0. The predicted octanol–water partition coefficient (Wildman–Crippen LogP) is 4.78. The van der Waals surface area contributed by atoms with Crippen LogP contribution in [0.25, 0.3) is 21.3 Å². The number of benzene rings is 2. The van der Waals surface area contributed by atoms with Gasteiger partial charge < -0.3 is 4.74 Å². The number of Topliss-reactive ketones (excluding diaryl/α,β-unsaturated/α-hetero) is 1. The molecular weight excluding hydrogens is 440 g/mol. The third-order valence-corrected chi connectivity index (χ3v) is 5.84. The van der Waals surface area contributed by atoms with E-state index in [0.29, 0.717) is 21.5 Å². The van der Waals surface area contributed by atoms with Gasteiger partial charge in [-0.2, -0.15) is 0 Å². The maximum absolute atomic E-state index is 13.1. The van der Waals surface area contributed by atoms with E-state index >= 15 is 0 Å². The second kappa shape index (κ2) is 7.69. The Hall–Kier alpha value is -2.77. The summed E-state index contributed by atoms with van der Waals surface area (Å²) in [5.41, 5.74) is 2.03. The highest BCUT2D eigenvalue weighted by atomic mass is 79.9. The molecule has 28 heavy (non-hydrogen) atoms. The molecule has 0 fully saturated rings. The van der Waals surface area contributed by atoms with Gasteiger partial charge in [-0.05, 0) is 29.8 Å². The van der Waals surface area contributed by atoms with Crippen LogP contribution in [0.4, 0.5) is 0 Å². The Morgan fingerprint density at radius 3 is 2.75 bits per heavy atom. The van der Waals surface area contributed by atoms with Crippen LogP contribution in [0, 0.1) is 0 Å². The average molecular weight is 455 g/mol. The molecule has 0 bridgehead atoms. The third-order valence-electron chi connectivity index (χ3n) is 4.42. The molecule has 0 unspecified atom stereocenters. The molecule has 7 heteroatoms. The van der Waals surface area contributed by atoms with Gasteiger partial charge in [-0.15, -0.1) is 11.3 Å². The van der Waals surface area contributed by atoms with Gasteiger partial charge in [0.25, 0.3) is 5.56 Å². The number of ketones is 1. The van der Waals surface area contributed by atoms with E-state index in [1.807, 2.05) is 29.6 Å². The van der Waals surface area contributed by atoms with Crippen molar-refractivity contribution in [1.29, 1.82) is 0 Å². The molecule has 0 saturated carbocycles. The molecule has 140 valence electrons. The van der Waals surface area contributed by atoms with Crippen LogP contribution in [0.3, 0.4) is 0 Å². The Morgan fingerprint density at radius 2 is 2.00 bits per heavy atom. The number of hydrogen-bond acceptors (Lipinski definition) is 5. The van der Waals surface area contributed by atoms with Gasteiger partial charge in [-0.1, -0.05) is 40.2 Å². The lowest BCUT2D eigenvalue weighted by Gasteiger charge is -2.07. The topological polar surface area (TPSA) is 61.2 Å². The molecule has 0 aliphatic carbocycles. The maximum Gasteiger partial charge on any atom is 0.263 e. The number of thiophene rings is 1. The molecule has 0 aliphatic heterocycles. The van der Waals surface area contributed by atoms with Crippen molar-refractivity contribution >= 4 is 43.3 Å². The van der Waals surface area contributed by atoms with Gasteiger partial charge in [-0.3, -0.25) is 14.2 Å². The van der Waals surface area contributed by atoms with E-state index in [2.05, 4.69) is 20.9 Å². The first kappa shape index (κ1) is 18.6.